The molecule has 6 heteroatoms. The summed E-state index contributed by atoms with van der Waals surface area (Å²) < 4.78 is 24.7. The number of sulfonamides is 1. The molecule has 1 N–H and O–H groups in total. The lowest BCUT2D eigenvalue weighted by Crippen LogP contribution is -2.49. The van der Waals surface area contributed by atoms with Crippen molar-refractivity contribution in [3.8, 4) is 6.07 Å². The van der Waals surface area contributed by atoms with Crippen LogP contribution in [0.5, 0.6) is 0 Å². The zero-order valence-electron chi connectivity index (χ0n) is 12.4. The monoisotopic (exact) mass is 307 g/mol. The van der Waals surface area contributed by atoms with E-state index in [0.717, 1.165) is 12.0 Å². The van der Waals surface area contributed by atoms with Crippen LogP contribution in [0.2, 0.25) is 0 Å². The number of rotatable bonds is 4. The molecular formula is C15H21N3O2S. The normalized spacial score (nSPS) is 23.7. The molecule has 0 spiro atoms. The second-order valence-corrected chi connectivity index (χ2v) is 7.67. The van der Waals surface area contributed by atoms with Crippen molar-refractivity contribution >= 4 is 10.0 Å². The van der Waals surface area contributed by atoms with Crippen LogP contribution in [0.1, 0.15) is 24.5 Å². The highest BCUT2D eigenvalue weighted by Crippen LogP contribution is 2.19. The highest BCUT2D eigenvalue weighted by molar-refractivity contribution is 7.88. The van der Waals surface area contributed by atoms with Gasteiger partial charge >= 0.3 is 0 Å². The quantitative estimate of drug-likeness (QED) is 0.910. The first-order chi connectivity index (χ1) is 9.90. The van der Waals surface area contributed by atoms with Gasteiger partial charge in [-0.1, -0.05) is 19.1 Å². The number of benzene rings is 1. The fraction of sp³-hybridized carbons (Fsp3) is 0.533. The average molecular weight is 307 g/mol. The Hall–Kier alpha value is -1.42. The predicted octanol–water partition coefficient (Wildman–Crippen LogP) is 1.32. The lowest BCUT2D eigenvalue weighted by Gasteiger charge is -2.36. The molecule has 0 radical (unpaired) electrons. The number of nitriles is 1. The minimum Gasteiger partial charge on any atom is -0.310 e. The third kappa shape index (κ3) is 4.27. The van der Waals surface area contributed by atoms with Crippen LogP contribution in [0.15, 0.2) is 24.3 Å². The lowest BCUT2D eigenvalue weighted by atomic mass is 9.95. The Balaban J connectivity index is 1.91. The lowest BCUT2D eigenvalue weighted by molar-refractivity contribution is 0.220. The van der Waals surface area contributed by atoms with Crippen molar-refractivity contribution in [3.05, 3.63) is 35.4 Å². The summed E-state index contributed by atoms with van der Waals surface area (Å²) in [6, 6.07) is 9.97. The van der Waals surface area contributed by atoms with E-state index in [-0.39, 0.29) is 5.92 Å². The van der Waals surface area contributed by atoms with Gasteiger partial charge in [-0.2, -0.15) is 5.26 Å². The van der Waals surface area contributed by atoms with E-state index in [2.05, 4.69) is 18.3 Å². The Labute approximate surface area is 126 Å². The molecule has 1 aliphatic rings. The van der Waals surface area contributed by atoms with Gasteiger partial charge in [-0.3, -0.25) is 0 Å². The van der Waals surface area contributed by atoms with Crippen LogP contribution < -0.4 is 5.32 Å². The van der Waals surface area contributed by atoms with Crippen molar-refractivity contribution < 1.29 is 8.42 Å². The summed E-state index contributed by atoms with van der Waals surface area (Å²) >= 11 is 0. The van der Waals surface area contributed by atoms with Gasteiger partial charge in [0.15, 0.2) is 0 Å². The van der Waals surface area contributed by atoms with Crippen molar-refractivity contribution in [1.82, 2.24) is 9.62 Å². The first-order valence-electron chi connectivity index (χ1n) is 7.07. The summed E-state index contributed by atoms with van der Waals surface area (Å²) in [7, 11) is -3.09. The van der Waals surface area contributed by atoms with Crippen LogP contribution in [0.3, 0.4) is 0 Å². The highest BCUT2D eigenvalue weighted by atomic mass is 32.2. The Morgan fingerprint density at radius 3 is 2.86 bits per heavy atom. The van der Waals surface area contributed by atoms with Crippen LogP contribution >= 0.6 is 0 Å². The third-order valence-electron chi connectivity index (χ3n) is 3.96. The highest BCUT2D eigenvalue weighted by Gasteiger charge is 2.29. The topological polar surface area (TPSA) is 73.2 Å². The van der Waals surface area contributed by atoms with Crippen LogP contribution in [-0.4, -0.2) is 38.1 Å². The summed E-state index contributed by atoms with van der Waals surface area (Å²) in [5.74, 6) is 0.271. The largest absolute Gasteiger partial charge is 0.310 e. The van der Waals surface area contributed by atoms with Crippen molar-refractivity contribution in [2.45, 2.75) is 25.9 Å². The first-order valence-corrected chi connectivity index (χ1v) is 8.92. The van der Waals surface area contributed by atoms with E-state index in [4.69, 9.17) is 5.26 Å². The zero-order chi connectivity index (χ0) is 15.5. The Morgan fingerprint density at radius 2 is 2.24 bits per heavy atom. The third-order valence-corrected chi connectivity index (χ3v) is 5.23. The molecule has 0 saturated carbocycles. The fourth-order valence-electron chi connectivity index (χ4n) is 2.71. The molecule has 1 heterocycles. The second kappa shape index (κ2) is 6.56. The average Bonchev–Trinajstić information content (AvgIpc) is 2.45. The fourth-order valence-corrected chi connectivity index (χ4v) is 3.65. The van der Waals surface area contributed by atoms with Crippen molar-refractivity contribution in [3.63, 3.8) is 0 Å². The molecule has 1 saturated heterocycles. The smallest absolute Gasteiger partial charge is 0.211 e. The first kappa shape index (κ1) is 16.0. The zero-order valence-corrected chi connectivity index (χ0v) is 13.2. The van der Waals surface area contributed by atoms with Crippen LogP contribution in [0.25, 0.3) is 0 Å². The van der Waals surface area contributed by atoms with Gasteiger partial charge in [0.1, 0.15) is 0 Å². The van der Waals surface area contributed by atoms with Gasteiger partial charge in [0.2, 0.25) is 10.0 Å². The van der Waals surface area contributed by atoms with E-state index in [1.807, 2.05) is 18.2 Å². The Bertz CT molecular complexity index is 637. The second-order valence-electron chi connectivity index (χ2n) is 5.69. The Kier molecular flexibility index (Phi) is 4.99. The summed E-state index contributed by atoms with van der Waals surface area (Å²) in [6.07, 6.45) is 2.08. The van der Waals surface area contributed by atoms with E-state index >= 15 is 0 Å². The van der Waals surface area contributed by atoms with Gasteiger partial charge < -0.3 is 5.32 Å². The van der Waals surface area contributed by atoms with Crippen molar-refractivity contribution in [1.29, 1.82) is 5.26 Å². The van der Waals surface area contributed by atoms with Gasteiger partial charge in [0.05, 0.1) is 17.9 Å². The van der Waals surface area contributed by atoms with E-state index in [0.29, 0.717) is 31.2 Å². The summed E-state index contributed by atoms with van der Waals surface area (Å²) in [6.45, 7) is 3.90. The maximum atomic E-state index is 11.6. The van der Waals surface area contributed by atoms with E-state index in [9.17, 15) is 8.42 Å². The van der Waals surface area contributed by atoms with Gasteiger partial charge in [-0.15, -0.1) is 0 Å². The standard InChI is InChI=1S/C15H21N3O2S/c1-12-11-18(21(2,19)20)7-6-15(12)17-10-14-5-3-4-13(8-14)9-16/h3-5,8,12,15,17H,6-7,10-11H2,1-2H3/t12-,15+/m1/s1. The molecule has 1 aromatic carbocycles. The number of hydrogen-bond donors (Lipinski definition) is 1. The van der Waals surface area contributed by atoms with Gasteiger partial charge in [-0.05, 0) is 30.0 Å². The molecule has 0 aliphatic carbocycles. The molecule has 0 aromatic heterocycles. The molecule has 1 aliphatic heterocycles. The van der Waals surface area contributed by atoms with E-state index in [1.54, 1.807) is 10.4 Å². The minimum atomic E-state index is -3.09. The SMILES string of the molecule is C[C@@H]1CN(S(C)(=O)=O)CC[C@@H]1NCc1cccc(C#N)c1. The molecule has 0 amide bonds. The van der Waals surface area contributed by atoms with Gasteiger partial charge in [-0.25, -0.2) is 12.7 Å². The molecule has 1 aromatic rings. The molecule has 21 heavy (non-hydrogen) atoms. The maximum absolute atomic E-state index is 11.6. The number of hydrogen-bond acceptors (Lipinski definition) is 4. The molecule has 2 rings (SSSR count). The molecule has 2 atom stereocenters. The van der Waals surface area contributed by atoms with Gasteiger partial charge in [0.25, 0.3) is 0 Å². The molecule has 1 fully saturated rings. The summed E-state index contributed by atoms with van der Waals surface area (Å²) in [4.78, 5) is 0. The summed E-state index contributed by atoms with van der Waals surface area (Å²) in [5, 5.41) is 12.4. The van der Waals surface area contributed by atoms with E-state index in [1.165, 1.54) is 6.26 Å². The van der Waals surface area contributed by atoms with Crippen LogP contribution in [0, 0.1) is 17.2 Å². The Morgan fingerprint density at radius 1 is 1.48 bits per heavy atom. The number of nitrogens with zero attached hydrogens (tertiary/aromatic N) is 2. The van der Waals surface area contributed by atoms with Crippen molar-refractivity contribution in [2.75, 3.05) is 19.3 Å². The summed E-state index contributed by atoms with van der Waals surface area (Å²) in [5.41, 5.74) is 1.74. The minimum absolute atomic E-state index is 0.271. The van der Waals surface area contributed by atoms with Crippen LogP contribution in [0.4, 0.5) is 0 Å². The van der Waals surface area contributed by atoms with Crippen molar-refractivity contribution in [2.24, 2.45) is 5.92 Å². The van der Waals surface area contributed by atoms with E-state index < -0.39 is 10.0 Å². The number of nitrogens with one attached hydrogen (secondary N) is 1. The molecule has 0 unspecified atom stereocenters. The molecule has 0 bridgehead atoms. The number of piperidine rings is 1. The van der Waals surface area contributed by atoms with Gasteiger partial charge in [0, 0.05) is 25.7 Å². The maximum Gasteiger partial charge on any atom is 0.211 e. The molecule has 114 valence electrons. The predicted molar refractivity (Wildman–Crippen MR) is 82.0 cm³/mol. The molecule has 5 nitrogen and oxygen atoms in total. The molecular weight excluding hydrogens is 286 g/mol. The van der Waals surface area contributed by atoms with Crippen LogP contribution in [-0.2, 0) is 16.6 Å².